The number of fused-ring (bicyclic) bond motifs is 2. The van der Waals surface area contributed by atoms with Crippen LogP contribution in [0.25, 0.3) is 34.4 Å². The quantitative estimate of drug-likeness (QED) is 0.147. The second kappa shape index (κ2) is 18.3. The molecule has 2 saturated carbocycles. The van der Waals surface area contributed by atoms with Gasteiger partial charge in [-0.15, -0.1) is 0 Å². The van der Waals surface area contributed by atoms with E-state index in [9.17, 15) is 17.0 Å². The molecule has 2 fully saturated rings. The molecule has 2 atom stereocenters. The molecule has 0 saturated heterocycles. The third-order valence-corrected chi connectivity index (χ3v) is 68.0. The van der Waals surface area contributed by atoms with E-state index in [4.69, 9.17) is 0 Å². The number of halogens is 2. The predicted octanol–water partition coefficient (Wildman–Crippen LogP) is 18.3. The molecular formula is C56H73Cl2SiZr. The van der Waals surface area contributed by atoms with Crippen LogP contribution in [0.15, 0.2) is 96.1 Å². The van der Waals surface area contributed by atoms with E-state index in [0.29, 0.717) is 0 Å². The SMILES string of the molecule is Cc1ccc(-c2cccc3c2C=C(CC2(C)CCCCCCCC2)[CH]3[Zr]([Cl])([Cl])([CH]2C(CC3(C)CCCCCCCC3)=Cc3c(-c4ccc(C)cc4)cccc32)[SiH](C)C)cc1. The Balaban J connectivity index is 1.34. The zero-order valence-electron chi connectivity index (χ0n) is 38.0. The van der Waals surface area contributed by atoms with Crippen molar-refractivity contribution in [3.63, 3.8) is 0 Å². The van der Waals surface area contributed by atoms with E-state index >= 15 is 0 Å². The summed E-state index contributed by atoms with van der Waals surface area (Å²) in [4.78, 5) is 0. The topological polar surface area (TPSA) is 0 Å². The fraction of sp³-hybridized carbons (Fsp3) is 0.500. The monoisotopic (exact) mass is 933 g/mol. The molecule has 0 heterocycles. The molecule has 4 aromatic rings. The molecule has 4 heteroatoms. The van der Waals surface area contributed by atoms with Crippen molar-refractivity contribution in [2.45, 2.75) is 164 Å². The number of benzene rings is 4. The van der Waals surface area contributed by atoms with Gasteiger partial charge in [0.2, 0.25) is 0 Å². The van der Waals surface area contributed by atoms with Gasteiger partial charge in [0.05, 0.1) is 0 Å². The number of allylic oxidation sites excluding steroid dienone is 2. The average molecular weight is 936 g/mol. The normalized spacial score (nSPS) is 22.7. The molecule has 0 aliphatic heterocycles. The summed E-state index contributed by atoms with van der Waals surface area (Å²) in [5, 5.41) is 0. The van der Waals surface area contributed by atoms with Crippen LogP contribution in [0.4, 0.5) is 0 Å². The molecule has 0 N–H and O–H groups in total. The van der Waals surface area contributed by atoms with Gasteiger partial charge in [0.15, 0.2) is 0 Å². The van der Waals surface area contributed by atoms with Gasteiger partial charge in [0.1, 0.15) is 0 Å². The average Bonchev–Trinajstić information content (AvgIpc) is 3.83. The van der Waals surface area contributed by atoms with Gasteiger partial charge in [-0.2, -0.15) is 0 Å². The van der Waals surface area contributed by atoms with Crippen molar-refractivity contribution in [2.75, 3.05) is 0 Å². The first kappa shape index (κ1) is 44.6. The number of hydrogen-bond acceptors (Lipinski definition) is 0. The van der Waals surface area contributed by atoms with E-state index in [1.807, 2.05) is 0 Å². The summed E-state index contributed by atoms with van der Waals surface area (Å²) >= 11 is -5.12. The summed E-state index contributed by atoms with van der Waals surface area (Å²) in [7, 11) is 18.6. The van der Waals surface area contributed by atoms with Crippen molar-refractivity contribution in [1.29, 1.82) is 0 Å². The number of rotatable bonds is 9. The minimum atomic E-state index is -5.12. The Hall–Kier alpha value is -1.96. The van der Waals surface area contributed by atoms with Crippen molar-refractivity contribution >= 4 is 35.1 Å². The molecule has 8 rings (SSSR count). The van der Waals surface area contributed by atoms with Gasteiger partial charge in [0, 0.05) is 0 Å². The molecule has 4 aliphatic rings. The van der Waals surface area contributed by atoms with Crippen LogP contribution < -0.4 is 0 Å². The summed E-state index contributed by atoms with van der Waals surface area (Å²) in [6.07, 6.45) is 29.0. The number of hydrogen-bond donors (Lipinski definition) is 0. The summed E-state index contributed by atoms with van der Waals surface area (Å²) in [6.45, 7) is 14.8. The molecular weight excluding hydrogens is 863 g/mol. The van der Waals surface area contributed by atoms with Crippen molar-refractivity contribution in [3.8, 4) is 22.3 Å². The van der Waals surface area contributed by atoms with Gasteiger partial charge in [-0.05, 0) is 0 Å². The van der Waals surface area contributed by atoms with Crippen molar-refractivity contribution in [1.82, 2.24) is 0 Å². The Kier molecular flexibility index (Phi) is 13.6. The van der Waals surface area contributed by atoms with E-state index in [-0.39, 0.29) is 18.1 Å². The van der Waals surface area contributed by atoms with Gasteiger partial charge in [-0.25, -0.2) is 0 Å². The standard InChI is InChI=1S/2C27H33.C2H7Si.2ClH.Zr/c2*1-21-12-14-23(15-13-21)25-11-9-10-24-18-22(19-26(24)25)20-27(2)16-7-5-3-4-6-8-17-27;1-3-2;;;/h2*9-15,18-19H,3-8,16-17,20H2,1-2H3;3H,1-2H3;2*1H;/q;;;;;+2/p-2. The molecule has 60 heavy (non-hydrogen) atoms. The Morgan fingerprint density at radius 1 is 0.500 bits per heavy atom. The van der Waals surface area contributed by atoms with E-state index < -0.39 is 21.5 Å². The van der Waals surface area contributed by atoms with Crippen LogP contribution in [-0.2, 0) is 15.6 Å². The van der Waals surface area contributed by atoms with Gasteiger partial charge >= 0.3 is 377 Å². The first-order chi connectivity index (χ1) is 28.8. The Morgan fingerprint density at radius 2 is 0.833 bits per heavy atom. The third kappa shape index (κ3) is 8.91. The van der Waals surface area contributed by atoms with E-state index in [2.05, 4.69) is 138 Å². The van der Waals surface area contributed by atoms with E-state index in [1.54, 1.807) is 11.1 Å². The van der Waals surface area contributed by atoms with Crippen LogP contribution in [0.1, 0.15) is 170 Å². The Morgan fingerprint density at radius 3 is 1.17 bits per heavy atom. The van der Waals surface area contributed by atoms with E-state index in [1.165, 1.54) is 158 Å². The van der Waals surface area contributed by atoms with Crippen molar-refractivity contribution in [2.24, 2.45) is 10.8 Å². The van der Waals surface area contributed by atoms with Gasteiger partial charge < -0.3 is 0 Å². The summed E-state index contributed by atoms with van der Waals surface area (Å²) in [6, 6.07) is 32.7. The number of aryl methyl sites for hydroxylation is 2. The van der Waals surface area contributed by atoms with Gasteiger partial charge in [0.25, 0.3) is 0 Å². The van der Waals surface area contributed by atoms with Crippen LogP contribution in [0.2, 0.25) is 13.1 Å². The second-order valence-corrected chi connectivity index (χ2v) is 63.8. The summed E-state index contributed by atoms with van der Waals surface area (Å²) in [5.41, 5.74) is 17.1. The van der Waals surface area contributed by atoms with E-state index in [0.717, 1.165) is 12.8 Å². The zero-order chi connectivity index (χ0) is 42.1. The molecule has 0 aromatic heterocycles. The maximum absolute atomic E-state index is 9.28. The van der Waals surface area contributed by atoms with Gasteiger partial charge in [-0.3, -0.25) is 0 Å². The molecule has 0 spiro atoms. The minimum absolute atomic E-state index is 0.0991. The van der Waals surface area contributed by atoms with Crippen LogP contribution in [0.5, 0.6) is 0 Å². The molecule has 0 nitrogen and oxygen atoms in total. The summed E-state index contributed by atoms with van der Waals surface area (Å²) in [5.74, 6) is -1.75. The molecule has 0 bridgehead atoms. The van der Waals surface area contributed by atoms with Crippen LogP contribution in [0, 0.1) is 24.7 Å². The zero-order valence-corrected chi connectivity index (χ0v) is 43.1. The van der Waals surface area contributed by atoms with Crippen molar-refractivity contribution < 1.29 is 15.6 Å². The maximum atomic E-state index is 9.28. The first-order valence-corrected chi connectivity index (χ1v) is 40.5. The molecule has 4 aromatic carbocycles. The molecule has 2 unspecified atom stereocenters. The Labute approximate surface area is 373 Å². The second-order valence-electron chi connectivity index (χ2n) is 21.3. The fourth-order valence-electron chi connectivity index (χ4n) is 12.6. The first-order valence-electron chi connectivity index (χ1n) is 24.2. The molecule has 4 aliphatic carbocycles. The van der Waals surface area contributed by atoms with Crippen LogP contribution in [-0.4, -0.2) is 5.92 Å². The third-order valence-electron chi connectivity index (χ3n) is 16.1. The van der Waals surface area contributed by atoms with Gasteiger partial charge in [-0.1, -0.05) is 0 Å². The van der Waals surface area contributed by atoms with Crippen molar-refractivity contribution in [3.05, 3.63) is 129 Å². The fourth-order valence-corrected chi connectivity index (χ4v) is 43.8. The predicted molar refractivity (Wildman–Crippen MR) is 265 cm³/mol. The molecule has 0 radical (unpaired) electrons. The van der Waals surface area contributed by atoms with Crippen LogP contribution >= 0.6 is 17.0 Å². The Bertz CT molecular complexity index is 2040. The molecule has 319 valence electrons. The summed E-state index contributed by atoms with van der Waals surface area (Å²) < 4.78 is 0.198. The van der Waals surface area contributed by atoms with Crippen LogP contribution in [0.3, 0.4) is 0 Å². The molecule has 0 amide bonds.